The zero-order valence-corrected chi connectivity index (χ0v) is 8.88. The van der Waals surface area contributed by atoms with Crippen molar-refractivity contribution in [3.8, 4) is 0 Å². The van der Waals surface area contributed by atoms with E-state index < -0.39 is 28.3 Å². The summed E-state index contributed by atoms with van der Waals surface area (Å²) in [7, 11) is 0. The molecule has 94 valence electrons. The Morgan fingerprint density at radius 3 is 2.33 bits per heavy atom. The first-order valence-corrected chi connectivity index (χ1v) is 4.57. The van der Waals surface area contributed by atoms with Gasteiger partial charge in [-0.3, -0.25) is 35.3 Å². The Labute approximate surface area is 100 Å². The highest BCUT2D eigenvalue weighted by molar-refractivity contribution is 6.34. The third-order valence-corrected chi connectivity index (χ3v) is 1.86. The molecule has 0 aliphatic rings. The fraction of sp³-hybridized carbons (Fsp3) is 0. The summed E-state index contributed by atoms with van der Waals surface area (Å²) in [5, 5.41) is 10.6. The number of nitrogens with zero attached hydrogens (tertiary/aromatic N) is 1. The lowest BCUT2D eigenvalue weighted by molar-refractivity contribution is -0.385. The minimum Gasteiger partial charge on any atom is -0.361 e. The largest absolute Gasteiger partial charge is 0.361 e. The van der Waals surface area contributed by atoms with E-state index in [9.17, 15) is 24.5 Å². The van der Waals surface area contributed by atoms with Crippen molar-refractivity contribution in [2.24, 2.45) is 5.73 Å². The van der Waals surface area contributed by atoms with Crippen LogP contribution in [0.3, 0.4) is 0 Å². The average Bonchev–Trinajstić information content (AvgIpc) is 2.35. The van der Waals surface area contributed by atoms with Crippen LogP contribution in [0.1, 0.15) is 10.4 Å². The van der Waals surface area contributed by atoms with Crippen LogP contribution >= 0.6 is 0 Å². The zero-order chi connectivity index (χ0) is 13.7. The van der Waals surface area contributed by atoms with Crippen LogP contribution < -0.4 is 16.6 Å². The molecule has 3 amide bonds. The van der Waals surface area contributed by atoms with Crippen molar-refractivity contribution < 1.29 is 19.3 Å². The van der Waals surface area contributed by atoms with Gasteiger partial charge in [0.1, 0.15) is 5.56 Å². The van der Waals surface area contributed by atoms with Gasteiger partial charge >= 0.3 is 11.8 Å². The van der Waals surface area contributed by atoms with Crippen LogP contribution in [-0.4, -0.2) is 22.6 Å². The van der Waals surface area contributed by atoms with Crippen molar-refractivity contribution in [2.45, 2.75) is 0 Å². The van der Waals surface area contributed by atoms with Gasteiger partial charge in [0.05, 0.1) is 4.92 Å². The Morgan fingerprint density at radius 2 is 1.78 bits per heavy atom. The molecule has 0 saturated heterocycles. The van der Waals surface area contributed by atoms with Crippen molar-refractivity contribution >= 4 is 23.4 Å². The minimum absolute atomic E-state index is 0.257. The molecule has 0 heterocycles. The molecular weight excluding hydrogens is 244 g/mol. The second kappa shape index (κ2) is 5.39. The summed E-state index contributed by atoms with van der Waals surface area (Å²) < 4.78 is 0. The van der Waals surface area contributed by atoms with Gasteiger partial charge in [0, 0.05) is 6.07 Å². The van der Waals surface area contributed by atoms with Gasteiger partial charge in [-0.05, 0) is 6.07 Å². The molecule has 9 heteroatoms. The monoisotopic (exact) mass is 252 g/mol. The number of para-hydroxylation sites is 1. The predicted octanol–water partition coefficient (Wildman–Crippen LogP) is -1.16. The van der Waals surface area contributed by atoms with Crippen molar-refractivity contribution in [3.63, 3.8) is 0 Å². The molecule has 0 atom stereocenters. The standard InChI is InChI=1S/C9H8N4O5/c10-7(14)9(16)12-11-8(15)5-3-1-2-4-6(5)13(17)18/h1-4H,(H2,10,14)(H,11,15)(H,12,16). The van der Waals surface area contributed by atoms with E-state index in [0.29, 0.717) is 0 Å². The molecule has 1 rings (SSSR count). The normalized spacial score (nSPS) is 9.33. The first-order valence-electron chi connectivity index (χ1n) is 4.57. The summed E-state index contributed by atoms with van der Waals surface area (Å²) in [6.07, 6.45) is 0. The molecule has 0 bridgehead atoms. The van der Waals surface area contributed by atoms with Gasteiger partial charge in [-0.2, -0.15) is 0 Å². The molecule has 9 nitrogen and oxygen atoms in total. The number of nitrogens with two attached hydrogens (primary N) is 1. The molecule has 4 N–H and O–H groups in total. The quantitative estimate of drug-likeness (QED) is 0.345. The lowest BCUT2D eigenvalue weighted by Crippen LogP contribution is -2.47. The van der Waals surface area contributed by atoms with Crippen LogP contribution in [0.5, 0.6) is 0 Å². The van der Waals surface area contributed by atoms with E-state index in [1.54, 1.807) is 5.43 Å². The molecule has 0 aromatic heterocycles. The maximum atomic E-state index is 11.5. The number of carbonyl (C=O) groups is 3. The van der Waals surface area contributed by atoms with E-state index in [1.165, 1.54) is 18.2 Å². The third-order valence-electron chi connectivity index (χ3n) is 1.86. The van der Waals surface area contributed by atoms with Crippen LogP contribution in [0.4, 0.5) is 5.69 Å². The average molecular weight is 252 g/mol. The Hall–Kier alpha value is -2.97. The number of amides is 3. The highest BCUT2D eigenvalue weighted by Crippen LogP contribution is 2.16. The summed E-state index contributed by atoms with van der Waals surface area (Å²) in [5.41, 5.74) is 7.49. The molecule has 1 aromatic carbocycles. The van der Waals surface area contributed by atoms with Gasteiger partial charge in [0.2, 0.25) is 0 Å². The van der Waals surface area contributed by atoms with Crippen molar-refractivity contribution in [1.29, 1.82) is 0 Å². The van der Waals surface area contributed by atoms with Crippen LogP contribution in [-0.2, 0) is 9.59 Å². The van der Waals surface area contributed by atoms with Gasteiger partial charge in [-0.25, -0.2) is 0 Å². The van der Waals surface area contributed by atoms with Crippen LogP contribution in [0, 0.1) is 10.1 Å². The van der Waals surface area contributed by atoms with Crippen LogP contribution in [0.25, 0.3) is 0 Å². The number of hydrogen-bond acceptors (Lipinski definition) is 5. The molecule has 0 saturated carbocycles. The number of hydrogen-bond donors (Lipinski definition) is 3. The number of hydrazine groups is 1. The predicted molar refractivity (Wildman–Crippen MR) is 57.9 cm³/mol. The van der Waals surface area contributed by atoms with Crippen LogP contribution in [0.15, 0.2) is 24.3 Å². The summed E-state index contributed by atoms with van der Waals surface area (Å²) in [6, 6.07) is 5.13. The summed E-state index contributed by atoms with van der Waals surface area (Å²) in [5.74, 6) is -3.46. The SMILES string of the molecule is NC(=O)C(=O)NNC(=O)c1ccccc1[N+](=O)[O-]. The number of primary amides is 1. The fourth-order valence-corrected chi connectivity index (χ4v) is 1.07. The maximum Gasteiger partial charge on any atom is 0.327 e. The highest BCUT2D eigenvalue weighted by atomic mass is 16.6. The van der Waals surface area contributed by atoms with E-state index in [0.717, 1.165) is 6.07 Å². The Morgan fingerprint density at radius 1 is 1.17 bits per heavy atom. The van der Waals surface area contributed by atoms with Gasteiger partial charge in [-0.1, -0.05) is 12.1 Å². The van der Waals surface area contributed by atoms with Gasteiger partial charge in [0.25, 0.3) is 11.6 Å². The fourth-order valence-electron chi connectivity index (χ4n) is 1.07. The first kappa shape index (κ1) is 13.1. The van der Waals surface area contributed by atoms with E-state index in [1.807, 2.05) is 5.43 Å². The third kappa shape index (κ3) is 3.01. The van der Waals surface area contributed by atoms with E-state index in [2.05, 4.69) is 5.73 Å². The summed E-state index contributed by atoms with van der Waals surface area (Å²) >= 11 is 0. The maximum absolute atomic E-state index is 11.5. The minimum atomic E-state index is -1.29. The summed E-state index contributed by atoms with van der Waals surface area (Å²) in [4.78, 5) is 42.5. The lowest BCUT2D eigenvalue weighted by Gasteiger charge is -2.05. The number of nitro benzene ring substituents is 1. The number of rotatable bonds is 2. The Bertz CT molecular complexity index is 527. The van der Waals surface area contributed by atoms with Crippen molar-refractivity contribution in [3.05, 3.63) is 39.9 Å². The molecular formula is C9H8N4O5. The first-order chi connectivity index (χ1) is 8.43. The molecule has 0 aliphatic heterocycles. The highest BCUT2D eigenvalue weighted by Gasteiger charge is 2.19. The van der Waals surface area contributed by atoms with Crippen molar-refractivity contribution in [1.82, 2.24) is 10.9 Å². The molecule has 0 spiro atoms. The molecule has 1 aromatic rings. The molecule has 0 aliphatic carbocycles. The second-order valence-corrected chi connectivity index (χ2v) is 3.05. The molecule has 0 radical (unpaired) electrons. The molecule has 0 fully saturated rings. The van der Waals surface area contributed by atoms with E-state index in [-0.39, 0.29) is 5.56 Å². The van der Waals surface area contributed by atoms with Crippen LogP contribution in [0.2, 0.25) is 0 Å². The number of benzene rings is 1. The van der Waals surface area contributed by atoms with E-state index in [4.69, 9.17) is 0 Å². The number of nitro groups is 1. The van der Waals surface area contributed by atoms with Gasteiger partial charge in [-0.15, -0.1) is 0 Å². The summed E-state index contributed by atoms with van der Waals surface area (Å²) in [6.45, 7) is 0. The molecule has 18 heavy (non-hydrogen) atoms. The topological polar surface area (TPSA) is 144 Å². The van der Waals surface area contributed by atoms with Gasteiger partial charge in [0.15, 0.2) is 0 Å². The molecule has 0 unspecified atom stereocenters. The lowest BCUT2D eigenvalue weighted by atomic mass is 10.2. The number of nitrogens with one attached hydrogen (secondary N) is 2. The Kier molecular flexibility index (Phi) is 3.92. The van der Waals surface area contributed by atoms with Crippen molar-refractivity contribution in [2.75, 3.05) is 0 Å². The zero-order valence-electron chi connectivity index (χ0n) is 8.88. The second-order valence-electron chi connectivity index (χ2n) is 3.05. The Balaban J connectivity index is 2.82. The number of carbonyl (C=O) groups excluding carboxylic acids is 3. The van der Waals surface area contributed by atoms with E-state index >= 15 is 0 Å². The smallest absolute Gasteiger partial charge is 0.327 e. The van der Waals surface area contributed by atoms with Gasteiger partial charge < -0.3 is 5.73 Å².